The highest BCUT2D eigenvalue weighted by Gasteiger charge is 2.19. The molecule has 0 spiro atoms. The molecule has 1 heterocycles. The number of nitrogens with zero attached hydrogens (tertiary/aromatic N) is 1. The van der Waals surface area contributed by atoms with Crippen molar-refractivity contribution in [1.82, 2.24) is 5.32 Å². The molecule has 1 aliphatic rings. The topological polar surface area (TPSA) is 58.4 Å². The summed E-state index contributed by atoms with van der Waals surface area (Å²) < 4.78 is 0. The normalized spacial score (nSPS) is 19.5. The molecule has 1 aromatic rings. The van der Waals surface area contributed by atoms with Gasteiger partial charge in [-0.2, -0.15) is 0 Å². The van der Waals surface area contributed by atoms with Gasteiger partial charge in [-0.25, -0.2) is 0 Å². The molecule has 20 heavy (non-hydrogen) atoms. The van der Waals surface area contributed by atoms with E-state index in [9.17, 15) is 4.79 Å². The SMILES string of the molecule is CCNC(=O)c1ccc(N2CCCCCC2C)c(N)c1. The minimum Gasteiger partial charge on any atom is -0.397 e. The second kappa shape index (κ2) is 6.64. The van der Waals surface area contributed by atoms with Gasteiger partial charge in [0, 0.05) is 24.7 Å². The number of anilines is 2. The number of hydrogen-bond acceptors (Lipinski definition) is 3. The van der Waals surface area contributed by atoms with Crippen molar-refractivity contribution in [3.8, 4) is 0 Å². The van der Waals surface area contributed by atoms with Gasteiger partial charge in [0.2, 0.25) is 0 Å². The molecule has 1 fully saturated rings. The number of carbonyl (C=O) groups excluding carboxylic acids is 1. The van der Waals surface area contributed by atoms with Crippen LogP contribution in [0.1, 0.15) is 49.9 Å². The Morgan fingerprint density at radius 1 is 1.40 bits per heavy atom. The van der Waals surface area contributed by atoms with Crippen LogP contribution in [0.15, 0.2) is 18.2 Å². The highest BCUT2D eigenvalue weighted by Crippen LogP contribution is 2.29. The standard InChI is InChI=1S/C16H25N3O/c1-3-18-16(20)13-8-9-15(14(17)11-13)19-10-6-4-5-7-12(19)2/h8-9,11-12H,3-7,10,17H2,1-2H3,(H,18,20). The lowest BCUT2D eigenvalue weighted by molar-refractivity contribution is 0.0956. The van der Waals surface area contributed by atoms with Crippen LogP contribution in [0, 0.1) is 0 Å². The largest absolute Gasteiger partial charge is 0.397 e. The Morgan fingerprint density at radius 2 is 2.20 bits per heavy atom. The van der Waals surface area contributed by atoms with Gasteiger partial charge < -0.3 is 16.0 Å². The molecule has 0 saturated carbocycles. The van der Waals surface area contributed by atoms with Crippen molar-refractivity contribution in [3.63, 3.8) is 0 Å². The molecule has 0 radical (unpaired) electrons. The molecule has 1 saturated heterocycles. The Balaban J connectivity index is 2.22. The van der Waals surface area contributed by atoms with Gasteiger partial charge in [0.1, 0.15) is 0 Å². The lowest BCUT2D eigenvalue weighted by atomic mass is 10.1. The summed E-state index contributed by atoms with van der Waals surface area (Å²) in [6.07, 6.45) is 4.99. The van der Waals surface area contributed by atoms with E-state index < -0.39 is 0 Å². The first-order chi connectivity index (χ1) is 9.63. The number of nitrogens with one attached hydrogen (secondary N) is 1. The van der Waals surface area contributed by atoms with E-state index >= 15 is 0 Å². The van der Waals surface area contributed by atoms with E-state index in [1.54, 1.807) is 6.07 Å². The summed E-state index contributed by atoms with van der Waals surface area (Å²) in [7, 11) is 0. The van der Waals surface area contributed by atoms with Crippen molar-refractivity contribution in [2.24, 2.45) is 0 Å². The van der Waals surface area contributed by atoms with E-state index in [1.807, 2.05) is 19.1 Å². The molecule has 1 atom stereocenters. The van der Waals surface area contributed by atoms with E-state index in [1.165, 1.54) is 25.7 Å². The summed E-state index contributed by atoms with van der Waals surface area (Å²) >= 11 is 0. The summed E-state index contributed by atoms with van der Waals surface area (Å²) in [5, 5.41) is 2.80. The number of benzene rings is 1. The van der Waals surface area contributed by atoms with Gasteiger partial charge in [0.25, 0.3) is 5.91 Å². The molecule has 0 aromatic heterocycles. The van der Waals surface area contributed by atoms with Crippen molar-refractivity contribution in [1.29, 1.82) is 0 Å². The van der Waals surface area contributed by atoms with Crippen LogP contribution >= 0.6 is 0 Å². The number of nitrogen functional groups attached to an aromatic ring is 1. The lowest BCUT2D eigenvalue weighted by Crippen LogP contribution is -2.33. The zero-order valence-electron chi connectivity index (χ0n) is 12.5. The second-order valence-corrected chi connectivity index (χ2v) is 5.52. The Labute approximate surface area is 121 Å². The lowest BCUT2D eigenvalue weighted by Gasteiger charge is -2.30. The van der Waals surface area contributed by atoms with Crippen LogP contribution in [-0.4, -0.2) is 25.0 Å². The maximum atomic E-state index is 11.8. The van der Waals surface area contributed by atoms with Gasteiger partial charge >= 0.3 is 0 Å². The number of nitrogens with two attached hydrogens (primary N) is 1. The summed E-state index contributed by atoms with van der Waals surface area (Å²) in [5.74, 6) is -0.0605. The van der Waals surface area contributed by atoms with Gasteiger partial charge in [-0.15, -0.1) is 0 Å². The van der Waals surface area contributed by atoms with Gasteiger partial charge in [-0.3, -0.25) is 4.79 Å². The third-order valence-corrected chi connectivity index (χ3v) is 3.99. The van der Waals surface area contributed by atoms with Crippen LogP contribution in [0.5, 0.6) is 0 Å². The van der Waals surface area contributed by atoms with Crippen LogP contribution in [0.4, 0.5) is 11.4 Å². The monoisotopic (exact) mass is 275 g/mol. The average molecular weight is 275 g/mol. The highest BCUT2D eigenvalue weighted by atomic mass is 16.1. The minimum absolute atomic E-state index is 0.0605. The maximum absolute atomic E-state index is 11.8. The Kier molecular flexibility index (Phi) is 4.88. The zero-order valence-corrected chi connectivity index (χ0v) is 12.5. The first kappa shape index (κ1) is 14.7. The van der Waals surface area contributed by atoms with E-state index in [-0.39, 0.29) is 5.91 Å². The van der Waals surface area contributed by atoms with Gasteiger partial charge in [0.15, 0.2) is 0 Å². The fraction of sp³-hybridized carbons (Fsp3) is 0.562. The predicted octanol–water partition coefficient (Wildman–Crippen LogP) is 2.79. The van der Waals surface area contributed by atoms with Crippen molar-refractivity contribution >= 4 is 17.3 Å². The van der Waals surface area contributed by atoms with Gasteiger partial charge in [0.05, 0.1) is 11.4 Å². The smallest absolute Gasteiger partial charge is 0.251 e. The van der Waals surface area contributed by atoms with E-state index in [0.717, 1.165) is 12.2 Å². The Hall–Kier alpha value is -1.71. The van der Waals surface area contributed by atoms with Crippen molar-refractivity contribution < 1.29 is 4.79 Å². The van der Waals surface area contributed by atoms with E-state index in [2.05, 4.69) is 17.1 Å². The van der Waals surface area contributed by atoms with E-state index in [4.69, 9.17) is 5.73 Å². The maximum Gasteiger partial charge on any atom is 0.251 e. The van der Waals surface area contributed by atoms with Crippen molar-refractivity contribution in [3.05, 3.63) is 23.8 Å². The fourth-order valence-corrected chi connectivity index (χ4v) is 2.85. The van der Waals surface area contributed by atoms with Crippen molar-refractivity contribution in [2.75, 3.05) is 23.7 Å². The molecule has 1 aromatic carbocycles. The molecule has 4 nitrogen and oxygen atoms in total. The molecule has 0 bridgehead atoms. The molecule has 110 valence electrons. The third-order valence-electron chi connectivity index (χ3n) is 3.99. The first-order valence-corrected chi connectivity index (χ1v) is 7.58. The minimum atomic E-state index is -0.0605. The summed E-state index contributed by atoms with van der Waals surface area (Å²) in [6.45, 7) is 5.84. The zero-order chi connectivity index (χ0) is 14.5. The first-order valence-electron chi connectivity index (χ1n) is 7.58. The summed E-state index contributed by atoms with van der Waals surface area (Å²) in [6, 6.07) is 6.16. The number of carbonyl (C=O) groups is 1. The number of hydrogen-bond donors (Lipinski definition) is 2. The van der Waals surface area contributed by atoms with Crippen LogP contribution in [-0.2, 0) is 0 Å². The van der Waals surface area contributed by atoms with Crippen LogP contribution in [0.25, 0.3) is 0 Å². The average Bonchev–Trinajstić information content (AvgIpc) is 2.64. The fourth-order valence-electron chi connectivity index (χ4n) is 2.85. The summed E-state index contributed by atoms with van der Waals surface area (Å²) in [5.41, 5.74) is 8.57. The second-order valence-electron chi connectivity index (χ2n) is 5.52. The molecule has 2 rings (SSSR count). The number of rotatable bonds is 3. The van der Waals surface area contributed by atoms with Crippen LogP contribution < -0.4 is 16.0 Å². The Morgan fingerprint density at radius 3 is 2.90 bits per heavy atom. The van der Waals surface area contributed by atoms with Crippen LogP contribution in [0.3, 0.4) is 0 Å². The van der Waals surface area contributed by atoms with E-state index in [0.29, 0.717) is 23.8 Å². The molecule has 1 amide bonds. The highest BCUT2D eigenvalue weighted by molar-refractivity contribution is 5.96. The van der Waals surface area contributed by atoms with Gasteiger partial charge in [-0.05, 0) is 44.9 Å². The third kappa shape index (κ3) is 3.24. The molecular formula is C16H25N3O. The predicted molar refractivity (Wildman–Crippen MR) is 84.1 cm³/mol. The quantitative estimate of drug-likeness (QED) is 0.834. The summed E-state index contributed by atoms with van der Waals surface area (Å²) in [4.78, 5) is 14.2. The molecule has 4 heteroatoms. The van der Waals surface area contributed by atoms with Crippen LogP contribution in [0.2, 0.25) is 0 Å². The Bertz CT molecular complexity index is 473. The molecule has 0 aliphatic carbocycles. The molecular weight excluding hydrogens is 250 g/mol. The molecule has 1 unspecified atom stereocenters. The number of amides is 1. The molecule has 3 N–H and O–H groups in total. The van der Waals surface area contributed by atoms with Crippen molar-refractivity contribution in [2.45, 2.75) is 45.6 Å². The molecule has 1 aliphatic heterocycles. The van der Waals surface area contributed by atoms with Gasteiger partial charge in [-0.1, -0.05) is 12.8 Å².